The van der Waals surface area contributed by atoms with Gasteiger partial charge in [-0.15, -0.1) is 0 Å². The van der Waals surface area contributed by atoms with Crippen molar-refractivity contribution in [2.75, 3.05) is 13.1 Å². The number of amides is 2. The Morgan fingerprint density at radius 1 is 1.40 bits per heavy atom. The van der Waals surface area contributed by atoms with Crippen molar-refractivity contribution in [1.29, 1.82) is 0 Å². The summed E-state index contributed by atoms with van der Waals surface area (Å²) in [5, 5.41) is 21.2. The van der Waals surface area contributed by atoms with Gasteiger partial charge in [0.25, 0.3) is 0 Å². The smallest absolute Gasteiger partial charge is 0.402 e. The van der Waals surface area contributed by atoms with Crippen molar-refractivity contribution >= 4 is 42.3 Å². The van der Waals surface area contributed by atoms with Gasteiger partial charge < -0.3 is 24.9 Å². The summed E-state index contributed by atoms with van der Waals surface area (Å²) in [5.74, 6) is -0.912. The van der Waals surface area contributed by atoms with Gasteiger partial charge in [-0.05, 0) is 30.7 Å². The van der Waals surface area contributed by atoms with Crippen molar-refractivity contribution in [3.8, 4) is 0 Å². The minimum atomic E-state index is -2.08. The maximum absolute atomic E-state index is 12.1. The highest BCUT2D eigenvalue weighted by molar-refractivity contribution is 6.42. The molecule has 0 saturated carbocycles. The molecule has 1 rings (SSSR count). The van der Waals surface area contributed by atoms with Crippen molar-refractivity contribution in [3.63, 3.8) is 0 Å². The van der Waals surface area contributed by atoms with E-state index in [1.807, 2.05) is 0 Å². The average Bonchev–Trinajstić information content (AvgIpc) is 2.54. The van der Waals surface area contributed by atoms with Crippen LogP contribution in [0.25, 0.3) is 0 Å². The number of benzene rings is 1. The van der Waals surface area contributed by atoms with Crippen LogP contribution >= 0.6 is 23.2 Å². The molecule has 0 heterocycles. The third-order valence-electron chi connectivity index (χ3n) is 3.22. The summed E-state index contributed by atoms with van der Waals surface area (Å²) < 4.78 is 4.88. The van der Waals surface area contributed by atoms with Crippen LogP contribution in [0.1, 0.15) is 12.5 Å². The Balaban J connectivity index is 2.77. The lowest BCUT2D eigenvalue weighted by Gasteiger charge is -2.23. The molecule has 0 spiro atoms. The van der Waals surface area contributed by atoms with E-state index in [2.05, 4.69) is 11.9 Å². The molecule has 0 aliphatic rings. The third-order valence-corrected chi connectivity index (χ3v) is 3.95. The van der Waals surface area contributed by atoms with Gasteiger partial charge in [-0.3, -0.25) is 9.59 Å². The molecule has 7 nitrogen and oxygen atoms in total. The molecule has 0 radical (unpaired) electrons. The molecule has 0 saturated heterocycles. The third kappa shape index (κ3) is 7.45. The van der Waals surface area contributed by atoms with Gasteiger partial charge in [-0.1, -0.05) is 35.8 Å². The SMILES string of the molecule is C=CC(=O)N(CC)CC(=O)N[C@@H](Cc1ccc(Cl)c(Cl)c1)OB(O)O. The molecule has 0 bridgehead atoms. The highest BCUT2D eigenvalue weighted by atomic mass is 35.5. The lowest BCUT2D eigenvalue weighted by molar-refractivity contribution is -0.133. The Labute approximate surface area is 156 Å². The van der Waals surface area contributed by atoms with Gasteiger partial charge in [0.1, 0.15) is 6.23 Å². The summed E-state index contributed by atoms with van der Waals surface area (Å²) in [5.41, 5.74) is 0.662. The van der Waals surface area contributed by atoms with E-state index < -0.39 is 19.5 Å². The Morgan fingerprint density at radius 3 is 2.60 bits per heavy atom. The second-order valence-electron chi connectivity index (χ2n) is 5.03. The van der Waals surface area contributed by atoms with Gasteiger partial charge in [-0.2, -0.15) is 0 Å². The van der Waals surface area contributed by atoms with E-state index in [0.29, 0.717) is 22.2 Å². The predicted octanol–water partition coefficient (Wildman–Crippen LogP) is 0.999. The van der Waals surface area contributed by atoms with Crippen LogP contribution in [-0.4, -0.2) is 53.4 Å². The second kappa shape index (κ2) is 10.4. The standard InChI is InChI=1S/C15H19BCl2N2O5/c1-3-15(22)20(4-2)9-13(21)19-14(25-16(23)24)8-10-5-6-11(17)12(18)7-10/h3,5-7,14,23-24H,1,4,8-9H2,2H3,(H,19,21)/t14-/m1/s1. The number of hydrogen-bond acceptors (Lipinski definition) is 5. The molecule has 0 aliphatic heterocycles. The second-order valence-corrected chi connectivity index (χ2v) is 5.84. The van der Waals surface area contributed by atoms with Crippen LogP contribution in [0, 0.1) is 0 Å². The monoisotopic (exact) mass is 388 g/mol. The van der Waals surface area contributed by atoms with Crippen molar-refractivity contribution in [3.05, 3.63) is 46.5 Å². The van der Waals surface area contributed by atoms with Gasteiger partial charge in [-0.25, -0.2) is 0 Å². The minimum Gasteiger partial charge on any atom is -0.402 e. The number of hydrogen-bond donors (Lipinski definition) is 3. The van der Waals surface area contributed by atoms with E-state index in [4.69, 9.17) is 37.9 Å². The van der Waals surface area contributed by atoms with Gasteiger partial charge >= 0.3 is 7.32 Å². The summed E-state index contributed by atoms with van der Waals surface area (Å²) in [7, 11) is -2.08. The molecule has 136 valence electrons. The van der Waals surface area contributed by atoms with E-state index in [9.17, 15) is 9.59 Å². The van der Waals surface area contributed by atoms with Crippen LogP contribution in [0.3, 0.4) is 0 Å². The van der Waals surface area contributed by atoms with Gasteiger partial charge in [0, 0.05) is 13.0 Å². The van der Waals surface area contributed by atoms with Crippen molar-refractivity contribution in [2.45, 2.75) is 19.6 Å². The number of carbonyl (C=O) groups is 2. The van der Waals surface area contributed by atoms with Crippen molar-refractivity contribution in [2.24, 2.45) is 0 Å². The van der Waals surface area contributed by atoms with Crippen LogP contribution in [0.5, 0.6) is 0 Å². The molecule has 2 amide bonds. The topological polar surface area (TPSA) is 99.1 Å². The molecular formula is C15H19BCl2N2O5. The molecular weight excluding hydrogens is 370 g/mol. The first-order chi connectivity index (χ1) is 11.8. The van der Waals surface area contributed by atoms with Crippen LogP contribution < -0.4 is 5.32 Å². The number of halogens is 2. The molecule has 1 atom stereocenters. The van der Waals surface area contributed by atoms with Crippen LogP contribution in [0.2, 0.25) is 10.0 Å². The predicted molar refractivity (Wildman–Crippen MR) is 95.8 cm³/mol. The Morgan fingerprint density at radius 2 is 2.08 bits per heavy atom. The Kier molecular flexibility index (Phi) is 8.95. The molecule has 25 heavy (non-hydrogen) atoms. The number of nitrogens with one attached hydrogen (secondary N) is 1. The van der Waals surface area contributed by atoms with Crippen LogP contribution in [0.15, 0.2) is 30.9 Å². The molecule has 0 fully saturated rings. The molecule has 0 aliphatic carbocycles. The Hall–Kier alpha value is -1.58. The zero-order chi connectivity index (χ0) is 19.0. The fraction of sp³-hybridized carbons (Fsp3) is 0.333. The summed E-state index contributed by atoms with van der Waals surface area (Å²) >= 11 is 11.8. The van der Waals surface area contributed by atoms with Gasteiger partial charge in [0.05, 0.1) is 16.6 Å². The first-order valence-electron chi connectivity index (χ1n) is 7.43. The van der Waals surface area contributed by atoms with Crippen molar-refractivity contribution in [1.82, 2.24) is 10.2 Å². The van der Waals surface area contributed by atoms with E-state index in [1.54, 1.807) is 25.1 Å². The molecule has 1 aromatic carbocycles. The van der Waals surface area contributed by atoms with E-state index in [0.717, 1.165) is 6.08 Å². The Bertz CT molecular complexity index is 630. The summed E-state index contributed by atoms with van der Waals surface area (Å²) in [6.07, 6.45) is 0.182. The fourth-order valence-corrected chi connectivity index (χ4v) is 2.35. The quantitative estimate of drug-likeness (QED) is 0.333. The maximum Gasteiger partial charge on any atom is 0.635 e. The largest absolute Gasteiger partial charge is 0.635 e. The highest BCUT2D eigenvalue weighted by Crippen LogP contribution is 2.23. The molecule has 10 heteroatoms. The maximum atomic E-state index is 12.1. The molecule has 3 N–H and O–H groups in total. The summed E-state index contributed by atoms with van der Waals surface area (Å²) in [4.78, 5) is 25.0. The fourth-order valence-electron chi connectivity index (χ4n) is 2.03. The molecule has 0 aromatic heterocycles. The first kappa shape index (κ1) is 21.5. The average molecular weight is 389 g/mol. The zero-order valence-corrected chi connectivity index (χ0v) is 15.1. The normalized spacial score (nSPS) is 11.6. The van der Waals surface area contributed by atoms with E-state index >= 15 is 0 Å². The molecule has 1 aromatic rings. The van der Waals surface area contributed by atoms with E-state index in [1.165, 1.54) is 4.90 Å². The number of nitrogens with zero attached hydrogens (tertiary/aromatic N) is 1. The first-order valence-corrected chi connectivity index (χ1v) is 8.18. The molecule has 0 unspecified atom stereocenters. The lowest BCUT2D eigenvalue weighted by atomic mass is 10.1. The van der Waals surface area contributed by atoms with Crippen LogP contribution in [-0.2, 0) is 20.7 Å². The summed E-state index contributed by atoms with van der Waals surface area (Å²) in [6, 6.07) is 4.82. The van der Waals surface area contributed by atoms with Gasteiger partial charge in [0.2, 0.25) is 11.8 Å². The van der Waals surface area contributed by atoms with Crippen LogP contribution in [0.4, 0.5) is 0 Å². The van der Waals surface area contributed by atoms with Crippen molar-refractivity contribution < 1.29 is 24.3 Å². The number of carbonyl (C=O) groups excluding carboxylic acids is 2. The summed E-state index contributed by atoms with van der Waals surface area (Å²) in [6.45, 7) is 5.19. The van der Waals surface area contributed by atoms with E-state index in [-0.39, 0.29) is 18.9 Å². The number of likely N-dealkylation sites (N-methyl/N-ethyl adjacent to an activating group) is 1. The number of rotatable bonds is 9. The zero-order valence-electron chi connectivity index (χ0n) is 13.6. The minimum absolute atomic E-state index is 0.113. The van der Waals surface area contributed by atoms with Gasteiger partial charge in [0.15, 0.2) is 0 Å². The lowest BCUT2D eigenvalue weighted by Crippen LogP contribution is -2.47. The highest BCUT2D eigenvalue weighted by Gasteiger charge is 2.22.